The molecule has 0 heterocycles. The maximum atomic E-state index is 11.5. The smallest absolute Gasteiger partial charge is 0.338 e. The molecule has 0 aliphatic heterocycles. The molecule has 1 aromatic rings. The van der Waals surface area contributed by atoms with Crippen LogP contribution in [0, 0.1) is 0 Å². The molecule has 16 heavy (non-hydrogen) atoms. The number of carbonyl (C=O) groups is 1. The van der Waals surface area contributed by atoms with E-state index in [1.807, 2.05) is 18.2 Å². The second-order valence-corrected chi connectivity index (χ2v) is 5.03. The van der Waals surface area contributed by atoms with E-state index in [9.17, 15) is 9.90 Å². The lowest BCUT2D eigenvalue weighted by Crippen LogP contribution is -2.44. The van der Waals surface area contributed by atoms with Crippen LogP contribution >= 0.6 is 15.9 Å². The highest BCUT2D eigenvalue weighted by Crippen LogP contribution is 2.31. The average molecular weight is 285 g/mol. The Morgan fingerprint density at radius 3 is 2.94 bits per heavy atom. The predicted molar refractivity (Wildman–Crippen MR) is 63.1 cm³/mol. The Hall–Kier alpha value is -0.870. The number of aryl methyl sites for hydroxylation is 1. The molecule has 3 nitrogen and oxygen atoms in total. The largest absolute Gasteiger partial charge is 0.467 e. The molecular weight excluding hydrogens is 272 g/mol. The van der Waals surface area contributed by atoms with Gasteiger partial charge in [0.25, 0.3) is 0 Å². The topological polar surface area (TPSA) is 46.5 Å². The Labute approximate surface area is 103 Å². The molecule has 4 heteroatoms. The number of rotatable bonds is 1. The third kappa shape index (κ3) is 1.99. The zero-order valence-corrected chi connectivity index (χ0v) is 10.6. The molecule has 0 bridgehead atoms. The van der Waals surface area contributed by atoms with E-state index in [-0.39, 0.29) is 0 Å². The van der Waals surface area contributed by atoms with E-state index < -0.39 is 11.6 Å². The first-order valence-corrected chi connectivity index (χ1v) is 5.92. The van der Waals surface area contributed by atoms with Gasteiger partial charge in [0.05, 0.1) is 7.11 Å². The van der Waals surface area contributed by atoms with Gasteiger partial charge in [-0.3, -0.25) is 0 Å². The number of aliphatic hydroxyl groups is 1. The van der Waals surface area contributed by atoms with Crippen LogP contribution in [0.5, 0.6) is 0 Å². The zero-order chi connectivity index (χ0) is 11.8. The van der Waals surface area contributed by atoms with Crippen LogP contribution in [0.1, 0.15) is 17.5 Å². The lowest BCUT2D eigenvalue weighted by atomic mass is 9.80. The van der Waals surface area contributed by atoms with Crippen molar-refractivity contribution in [3.05, 3.63) is 33.8 Å². The minimum Gasteiger partial charge on any atom is -0.467 e. The molecule has 0 saturated heterocycles. The SMILES string of the molecule is COC(=O)C1(O)CCc2cc(Br)ccc2C1. The summed E-state index contributed by atoms with van der Waals surface area (Å²) >= 11 is 3.41. The van der Waals surface area contributed by atoms with Crippen molar-refractivity contribution in [3.63, 3.8) is 0 Å². The fourth-order valence-corrected chi connectivity index (χ4v) is 2.52. The van der Waals surface area contributed by atoms with Crippen LogP contribution in [0.4, 0.5) is 0 Å². The molecule has 1 aliphatic rings. The molecule has 1 unspecified atom stereocenters. The molecule has 2 rings (SSSR count). The Morgan fingerprint density at radius 2 is 2.25 bits per heavy atom. The molecule has 0 radical (unpaired) electrons. The summed E-state index contributed by atoms with van der Waals surface area (Å²) in [5.74, 6) is -0.541. The van der Waals surface area contributed by atoms with Crippen LogP contribution < -0.4 is 0 Å². The highest BCUT2D eigenvalue weighted by molar-refractivity contribution is 9.10. The van der Waals surface area contributed by atoms with Crippen LogP contribution in [0.3, 0.4) is 0 Å². The molecule has 0 aromatic heterocycles. The molecule has 1 aromatic carbocycles. The van der Waals surface area contributed by atoms with E-state index >= 15 is 0 Å². The Morgan fingerprint density at radius 1 is 1.50 bits per heavy atom. The van der Waals surface area contributed by atoms with Crippen molar-refractivity contribution >= 4 is 21.9 Å². The Bertz CT molecular complexity index is 430. The van der Waals surface area contributed by atoms with Gasteiger partial charge in [-0.05, 0) is 36.1 Å². The highest BCUT2D eigenvalue weighted by atomic mass is 79.9. The standard InChI is InChI=1S/C12H13BrO3/c1-16-11(14)12(15)5-4-8-6-10(13)3-2-9(8)7-12/h2-3,6,15H,4-5,7H2,1H3. The van der Waals surface area contributed by atoms with Gasteiger partial charge in [0, 0.05) is 10.9 Å². The fraction of sp³-hybridized carbons (Fsp3) is 0.417. The van der Waals surface area contributed by atoms with E-state index in [0.29, 0.717) is 19.3 Å². The van der Waals surface area contributed by atoms with Gasteiger partial charge >= 0.3 is 5.97 Å². The molecule has 0 amide bonds. The number of hydrogen-bond acceptors (Lipinski definition) is 3. The summed E-state index contributed by atoms with van der Waals surface area (Å²) in [6.45, 7) is 0. The summed E-state index contributed by atoms with van der Waals surface area (Å²) in [6.07, 6.45) is 1.45. The molecular formula is C12H13BrO3. The number of hydrogen-bond donors (Lipinski definition) is 1. The second-order valence-electron chi connectivity index (χ2n) is 4.11. The number of carbonyl (C=O) groups excluding carboxylic acids is 1. The summed E-state index contributed by atoms with van der Waals surface area (Å²) < 4.78 is 5.66. The van der Waals surface area contributed by atoms with Gasteiger partial charge in [-0.15, -0.1) is 0 Å². The summed E-state index contributed by atoms with van der Waals surface area (Å²) in [5, 5.41) is 10.2. The predicted octanol–water partition coefficient (Wildman–Crippen LogP) is 1.84. The number of esters is 1. The van der Waals surface area contributed by atoms with Crippen molar-refractivity contribution < 1.29 is 14.6 Å². The maximum Gasteiger partial charge on any atom is 0.338 e. The van der Waals surface area contributed by atoms with Gasteiger partial charge < -0.3 is 9.84 Å². The summed E-state index contributed by atoms with van der Waals surface area (Å²) in [7, 11) is 1.30. The van der Waals surface area contributed by atoms with E-state index in [1.54, 1.807) is 0 Å². The summed E-state index contributed by atoms with van der Waals surface area (Å²) in [4.78, 5) is 11.5. The zero-order valence-electron chi connectivity index (χ0n) is 9.00. The average Bonchev–Trinajstić information content (AvgIpc) is 2.28. The number of methoxy groups -OCH3 is 1. The van der Waals surface area contributed by atoms with E-state index in [1.165, 1.54) is 12.7 Å². The van der Waals surface area contributed by atoms with Gasteiger partial charge in [-0.25, -0.2) is 4.79 Å². The third-order valence-electron chi connectivity index (χ3n) is 3.02. The number of fused-ring (bicyclic) bond motifs is 1. The molecule has 1 aliphatic carbocycles. The lowest BCUT2D eigenvalue weighted by molar-refractivity contribution is -0.163. The van der Waals surface area contributed by atoms with Crippen molar-refractivity contribution in [1.82, 2.24) is 0 Å². The van der Waals surface area contributed by atoms with E-state index in [0.717, 1.165) is 10.0 Å². The van der Waals surface area contributed by atoms with E-state index in [2.05, 4.69) is 20.7 Å². The first-order valence-electron chi connectivity index (χ1n) is 5.13. The normalized spacial score (nSPS) is 23.7. The van der Waals surface area contributed by atoms with Gasteiger partial charge in [0.15, 0.2) is 5.60 Å². The number of ether oxygens (including phenoxy) is 1. The van der Waals surface area contributed by atoms with Crippen molar-refractivity contribution in [2.45, 2.75) is 24.9 Å². The van der Waals surface area contributed by atoms with Crippen LogP contribution in [-0.2, 0) is 22.4 Å². The number of benzene rings is 1. The van der Waals surface area contributed by atoms with E-state index in [4.69, 9.17) is 0 Å². The molecule has 0 spiro atoms. The van der Waals surface area contributed by atoms with Crippen molar-refractivity contribution in [3.8, 4) is 0 Å². The van der Waals surface area contributed by atoms with Crippen LogP contribution in [-0.4, -0.2) is 23.8 Å². The number of halogens is 1. The van der Waals surface area contributed by atoms with Crippen molar-refractivity contribution in [2.24, 2.45) is 0 Å². The molecule has 1 atom stereocenters. The van der Waals surface area contributed by atoms with Crippen LogP contribution in [0.15, 0.2) is 22.7 Å². The van der Waals surface area contributed by atoms with Crippen molar-refractivity contribution in [1.29, 1.82) is 0 Å². The Kier molecular flexibility index (Phi) is 3.04. The van der Waals surface area contributed by atoms with Gasteiger partial charge in [-0.1, -0.05) is 22.0 Å². The minimum absolute atomic E-state index is 0.336. The van der Waals surface area contributed by atoms with Crippen molar-refractivity contribution in [2.75, 3.05) is 7.11 Å². The van der Waals surface area contributed by atoms with Gasteiger partial charge in [0.1, 0.15) is 0 Å². The molecule has 0 saturated carbocycles. The van der Waals surface area contributed by atoms with Gasteiger partial charge in [-0.2, -0.15) is 0 Å². The molecule has 1 N–H and O–H groups in total. The van der Waals surface area contributed by atoms with Gasteiger partial charge in [0.2, 0.25) is 0 Å². The maximum absolute atomic E-state index is 11.5. The minimum atomic E-state index is -1.35. The second kappa shape index (κ2) is 4.18. The summed E-state index contributed by atoms with van der Waals surface area (Å²) in [5.41, 5.74) is 0.848. The van der Waals surface area contributed by atoms with Crippen LogP contribution in [0.2, 0.25) is 0 Å². The Balaban J connectivity index is 2.30. The first-order chi connectivity index (χ1) is 7.55. The lowest BCUT2D eigenvalue weighted by Gasteiger charge is -2.30. The summed E-state index contributed by atoms with van der Waals surface area (Å²) in [6, 6.07) is 5.89. The quantitative estimate of drug-likeness (QED) is 0.801. The molecule has 86 valence electrons. The fourth-order valence-electron chi connectivity index (χ4n) is 2.11. The highest BCUT2D eigenvalue weighted by Gasteiger charge is 2.40. The monoisotopic (exact) mass is 284 g/mol. The third-order valence-corrected chi connectivity index (χ3v) is 3.52. The molecule has 0 fully saturated rings. The first kappa shape index (κ1) is 11.6. The van der Waals surface area contributed by atoms with Crippen LogP contribution in [0.25, 0.3) is 0 Å².